The zero-order chi connectivity index (χ0) is 12.2. The number of carbonyl (C=O) groups is 1. The van der Waals surface area contributed by atoms with Gasteiger partial charge in [-0.2, -0.15) is 0 Å². The summed E-state index contributed by atoms with van der Waals surface area (Å²) in [6.07, 6.45) is 4.12. The van der Waals surface area contributed by atoms with Gasteiger partial charge in [0.1, 0.15) is 5.60 Å². The Morgan fingerprint density at radius 3 is 2.44 bits per heavy atom. The van der Waals surface area contributed by atoms with Gasteiger partial charge in [-0.3, -0.25) is 0 Å². The smallest absolute Gasteiger partial charge is 0.407 e. The fourth-order valence-electron chi connectivity index (χ4n) is 2.13. The lowest BCUT2D eigenvalue weighted by molar-refractivity contribution is 0.0455. The summed E-state index contributed by atoms with van der Waals surface area (Å²) in [5.74, 6) is 0.400. The summed E-state index contributed by atoms with van der Waals surface area (Å²) < 4.78 is 5.17. The number of rotatable bonds is 3. The van der Waals surface area contributed by atoms with E-state index in [0.29, 0.717) is 5.92 Å². The third-order valence-electron chi connectivity index (χ3n) is 2.87. The number of aliphatic hydroxyl groups excluding tert-OH is 1. The number of amides is 1. The van der Waals surface area contributed by atoms with Crippen LogP contribution in [0.1, 0.15) is 46.5 Å². The van der Waals surface area contributed by atoms with Crippen LogP contribution < -0.4 is 5.32 Å². The van der Waals surface area contributed by atoms with E-state index >= 15 is 0 Å². The molecule has 1 rings (SSSR count). The molecule has 2 N–H and O–H groups in total. The monoisotopic (exact) mass is 229 g/mol. The summed E-state index contributed by atoms with van der Waals surface area (Å²) in [5, 5.41) is 12.0. The van der Waals surface area contributed by atoms with Gasteiger partial charge >= 0.3 is 6.09 Å². The molecule has 0 aromatic carbocycles. The van der Waals surface area contributed by atoms with Crippen molar-refractivity contribution in [3.63, 3.8) is 0 Å². The second kappa shape index (κ2) is 5.53. The molecule has 0 radical (unpaired) electrons. The average molecular weight is 229 g/mol. The Balaban J connectivity index is 2.40. The van der Waals surface area contributed by atoms with E-state index in [1.165, 1.54) is 12.8 Å². The molecule has 1 fully saturated rings. The van der Waals surface area contributed by atoms with E-state index in [4.69, 9.17) is 4.74 Å². The average Bonchev–Trinajstić information content (AvgIpc) is 2.63. The Kier molecular flexibility index (Phi) is 4.59. The van der Waals surface area contributed by atoms with Gasteiger partial charge in [0.05, 0.1) is 12.6 Å². The highest BCUT2D eigenvalue weighted by atomic mass is 16.6. The summed E-state index contributed by atoms with van der Waals surface area (Å²) >= 11 is 0. The molecule has 1 saturated carbocycles. The van der Waals surface area contributed by atoms with Gasteiger partial charge in [-0.1, -0.05) is 12.8 Å². The molecule has 0 heterocycles. The van der Waals surface area contributed by atoms with Crippen LogP contribution in [0.25, 0.3) is 0 Å². The molecule has 1 amide bonds. The standard InChI is InChI=1S/C12H23NO3/c1-12(2,3)16-11(15)13-10(8-14)9-6-4-5-7-9/h9-10,14H,4-8H2,1-3H3,(H,13,15)/t10-/m1/s1. The van der Waals surface area contributed by atoms with E-state index in [1.54, 1.807) is 0 Å². The zero-order valence-corrected chi connectivity index (χ0v) is 10.5. The van der Waals surface area contributed by atoms with Gasteiger partial charge in [-0.25, -0.2) is 4.79 Å². The lowest BCUT2D eigenvalue weighted by atomic mass is 9.99. The van der Waals surface area contributed by atoms with Crippen molar-refractivity contribution in [2.45, 2.75) is 58.1 Å². The number of nitrogens with one attached hydrogen (secondary N) is 1. The molecular formula is C12H23NO3. The first kappa shape index (κ1) is 13.3. The first-order valence-corrected chi connectivity index (χ1v) is 6.03. The zero-order valence-electron chi connectivity index (χ0n) is 10.5. The van der Waals surface area contributed by atoms with E-state index < -0.39 is 11.7 Å². The first-order chi connectivity index (χ1) is 7.42. The van der Waals surface area contributed by atoms with Crippen LogP contribution in [-0.4, -0.2) is 29.4 Å². The van der Waals surface area contributed by atoms with E-state index in [-0.39, 0.29) is 12.6 Å². The van der Waals surface area contributed by atoms with Crippen molar-refractivity contribution in [3.8, 4) is 0 Å². The van der Waals surface area contributed by atoms with Gasteiger partial charge in [0.2, 0.25) is 0 Å². The lowest BCUT2D eigenvalue weighted by Crippen LogP contribution is -2.44. The quantitative estimate of drug-likeness (QED) is 0.778. The van der Waals surface area contributed by atoms with Gasteiger partial charge in [0.15, 0.2) is 0 Å². The number of alkyl carbamates (subject to hydrolysis) is 1. The number of hydrogen-bond donors (Lipinski definition) is 2. The maximum atomic E-state index is 11.5. The minimum absolute atomic E-state index is 0.0100. The van der Waals surface area contributed by atoms with Crippen LogP contribution in [0.4, 0.5) is 4.79 Å². The van der Waals surface area contributed by atoms with E-state index in [0.717, 1.165) is 12.8 Å². The summed E-state index contributed by atoms with van der Waals surface area (Å²) in [5.41, 5.74) is -0.486. The van der Waals surface area contributed by atoms with E-state index in [2.05, 4.69) is 5.32 Å². The molecule has 0 aromatic rings. The van der Waals surface area contributed by atoms with Crippen LogP contribution in [0.3, 0.4) is 0 Å². The van der Waals surface area contributed by atoms with Crippen LogP contribution in [0.15, 0.2) is 0 Å². The van der Waals surface area contributed by atoms with Crippen molar-refractivity contribution in [2.75, 3.05) is 6.61 Å². The SMILES string of the molecule is CC(C)(C)OC(=O)N[C@H](CO)C1CCCC1. The Hall–Kier alpha value is -0.770. The molecule has 1 aliphatic rings. The highest BCUT2D eigenvalue weighted by Gasteiger charge is 2.27. The molecule has 1 atom stereocenters. The molecule has 4 heteroatoms. The topological polar surface area (TPSA) is 58.6 Å². The van der Waals surface area contributed by atoms with Crippen LogP contribution in [-0.2, 0) is 4.74 Å². The molecule has 0 aliphatic heterocycles. The van der Waals surface area contributed by atoms with Crippen LogP contribution in [0.2, 0.25) is 0 Å². The molecule has 16 heavy (non-hydrogen) atoms. The molecule has 94 valence electrons. The van der Waals surface area contributed by atoms with Crippen molar-refractivity contribution < 1.29 is 14.6 Å². The van der Waals surface area contributed by atoms with Gasteiger partial charge in [0.25, 0.3) is 0 Å². The third kappa shape index (κ3) is 4.39. The fourth-order valence-corrected chi connectivity index (χ4v) is 2.13. The minimum atomic E-state index is -0.486. The van der Waals surface area contributed by atoms with Crippen LogP contribution in [0, 0.1) is 5.92 Å². The van der Waals surface area contributed by atoms with E-state index in [1.807, 2.05) is 20.8 Å². The Labute approximate surface area is 97.4 Å². The summed E-state index contributed by atoms with van der Waals surface area (Å²) in [6, 6.07) is -0.155. The van der Waals surface area contributed by atoms with Gasteiger partial charge < -0.3 is 15.2 Å². The number of hydrogen-bond acceptors (Lipinski definition) is 3. The normalized spacial score (nSPS) is 19.5. The lowest BCUT2D eigenvalue weighted by Gasteiger charge is -2.25. The van der Waals surface area contributed by atoms with Crippen LogP contribution in [0.5, 0.6) is 0 Å². The maximum absolute atomic E-state index is 11.5. The number of ether oxygens (including phenoxy) is 1. The second-order valence-electron chi connectivity index (χ2n) is 5.48. The number of carbonyl (C=O) groups excluding carboxylic acids is 1. The van der Waals surface area contributed by atoms with Crippen molar-refractivity contribution in [1.29, 1.82) is 0 Å². The van der Waals surface area contributed by atoms with E-state index in [9.17, 15) is 9.90 Å². The molecule has 0 bridgehead atoms. The molecular weight excluding hydrogens is 206 g/mol. The molecule has 0 aromatic heterocycles. The molecule has 0 unspecified atom stereocenters. The molecule has 1 aliphatic carbocycles. The summed E-state index contributed by atoms with van der Waals surface area (Å²) in [6.45, 7) is 5.48. The Morgan fingerprint density at radius 2 is 2.00 bits per heavy atom. The maximum Gasteiger partial charge on any atom is 0.407 e. The predicted octanol–water partition coefficient (Wildman–Crippen LogP) is 2.06. The second-order valence-corrected chi connectivity index (χ2v) is 5.48. The number of aliphatic hydroxyl groups is 1. The Morgan fingerprint density at radius 1 is 1.44 bits per heavy atom. The van der Waals surface area contributed by atoms with Gasteiger partial charge in [-0.15, -0.1) is 0 Å². The predicted molar refractivity (Wildman–Crippen MR) is 62.2 cm³/mol. The summed E-state index contributed by atoms with van der Waals surface area (Å²) in [7, 11) is 0. The highest BCUT2D eigenvalue weighted by Crippen LogP contribution is 2.27. The van der Waals surface area contributed by atoms with Gasteiger partial charge in [-0.05, 0) is 39.5 Å². The van der Waals surface area contributed by atoms with Crippen LogP contribution >= 0.6 is 0 Å². The third-order valence-corrected chi connectivity index (χ3v) is 2.87. The Bertz CT molecular complexity index is 229. The van der Waals surface area contributed by atoms with Crippen molar-refractivity contribution >= 4 is 6.09 Å². The summed E-state index contributed by atoms with van der Waals surface area (Å²) in [4.78, 5) is 11.5. The molecule has 4 nitrogen and oxygen atoms in total. The molecule has 0 spiro atoms. The first-order valence-electron chi connectivity index (χ1n) is 6.03. The minimum Gasteiger partial charge on any atom is -0.444 e. The fraction of sp³-hybridized carbons (Fsp3) is 0.917. The highest BCUT2D eigenvalue weighted by molar-refractivity contribution is 5.68. The van der Waals surface area contributed by atoms with Crippen molar-refractivity contribution in [3.05, 3.63) is 0 Å². The van der Waals surface area contributed by atoms with Crippen molar-refractivity contribution in [2.24, 2.45) is 5.92 Å². The van der Waals surface area contributed by atoms with Gasteiger partial charge in [0, 0.05) is 0 Å². The largest absolute Gasteiger partial charge is 0.444 e. The van der Waals surface area contributed by atoms with Crippen molar-refractivity contribution in [1.82, 2.24) is 5.32 Å². The molecule has 0 saturated heterocycles.